The molecule has 4 aliphatic rings. The lowest BCUT2D eigenvalue weighted by molar-refractivity contribution is -0.202. The molecule has 0 aromatic carbocycles. The average molecular weight is 686 g/mol. The molecule has 270 valence electrons. The van der Waals surface area contributed by atoms with Gasteiger partial charge in [0, 0.05) is 6.54 Å². The summed E-state index contributed by atoms with van der Waals surface area (Å²) in [5, 5.41) is 7.37. The number of carbonyl (C=O) groups excluding carboxylic acids is 6. The number of hydrogen-bond donors (Lipinski definition) is 4. The van der Waals surface area contributed by atoms with Gasteiger partial charge >= 0.3 is 18.2 Å². The van der Waals surface area contributed by atoms with Crippen molar-refractivity contribution in [2.45, 2.75) is 123 Å². The summed E-state index contributed by atoms with van der Waals surface area (Å²) in [6.07, 6.45) is -0.520. The number of Topliss-reactive ketones (excluding diaryl/α,β-unsaturated/α-hetero) is 1. The molecule has 3 saturated carbocycles. The molecular formula is C33H50F3N5O7. The molecule has 4 fully saturated rings. The van der Waals surface area contributed by atoms with Crippen molar-refractivity contribution in [1.82, 2.24) is 20.9 Å². The first-order valence-corrected chi connectivity index (χ1v) is 17.0. The molecule has 5 N–H and O–H groups in total. The molecule has 2 unspecified atom stereocenters. The van der Waals surface area contributed by atoms with E-state index in [4.69, 9.17) is 10.5 Å². The van der Waals surface area contributed by atoms with Gasteiger partial charge < -0.3 is 31.3 Å². The zero-order valence-electron chi connectivity index (χ0n) is 28.4. The second-order valence-corrected chi connectivity index (χ2v) is 15.6. The molecule has 0 aromatic heterocycles. The molecule has 1 saturated heterocycles. The summed E-state index contributed by atoms with van der Waals surface area (Å²) in [6.45, 7) is 8.85. The molecule has 0 spiro atoms. The fourth-order valence-electron chi connectivity index (χ4n) is 6.80. The van der Waals surface area contributed by atoms with Gasteiger partial charge in [0.1, 0.15) is 18.1 Å². The third kappa shape index (κ3) is 8.42. The Labute approximate surface area is 279 Å². The molecule has 15 heteroatoms. The van der Waals surface area contributed by atoms with Crippen LogP contribution in [0.2, 0.25) is 0 Å². The first-order chi connectivity index (χ1) is 22.3. The van der Waals surface area contributed by atoms with Crippen LogP contribution in [0.4, 0.5) is 18.0 Å². The molecule has 1 aliphatic heterocycles. The molecule has 12 nitrogen and oxygen atoms in total. The summed E-state index contributed by atoms with van der Waals surface area (Å²) in [6, 6.07) is -6.67. The predicted octanol–water partition coefficient (Wildman–Crippen LogP) is 2.97. The number of halogens is 3. The smallest absolute Gasteiger partial charge is 0.397 e. The monoisotopic (exact) mass is 685 g/mol. The van der Waals surface area contributed by atoms with Crippen molar-refractivity contribution in [1.29, 1.82) is 0 Å². The lowest BCUT2D eigenvalue weighted by Gasteiger charge is -2.37. The van der Waals surface area contributed by atoms with Gasteiger partial charge in [-0.1, -0.05) is 53.9 Å². The van der Waals surface area contributed by atoms with E-state index in [1.165, 1.54) is 4.90 Å². The van der Waals surface area contributed by atoms with Crippen LogP contribution in [0.5, 0.6) is 0 Å². The lowest BCUT2D eigenvalue weighted by Crippen LogP contribution is -2.63. The Bertz CT molecular complexity index is 1270. The Morgan fingerprint density at radius 1 is 0.917 bits per heavy atom. The Morgan fingerprint density at radius 3 is 2.00 bits per heavy atom. The number of ether oxygens (including phenoxy) is 1. The number of nitrogens with zero attached hydrogens (tertiary/aromatic N) is 1. The number of amides is 5. The van der Waals surface area contributed by atoms with Gasteiger partial charge in [0.2, 0.25) is 17.6 Å². The molecular weight excluding hydrogens is 635 g/mol. The van der Waals surface area contributed by atoms with Crippen molar-refractivity contribution in [3.8, 4) is 0 Å². The third-order valence-electron chi connectivity index (χ3n) is 10.5. The van der Waals surface area contributed by atoms with Crippen LogP contribution in [0, 0.1) is 34.5 Å². The molecule has 0 aromatic rings. The minimum Gasteiger partial charge on any atom is -0.464 e. The van der Waals surface area contributed by atoms with Gasteiger partial charge in [-0.25, -0.2) is 9.59 Å². The highest BCUT2D eigenvalue weighted by atomic mass is 19.4. The van der Waals surface area contributed by atoms with Gasteiger partial charge in [0.15, 0.2) is 0 Å². The number of urea groups is 1. The topological polar surface area (TPSA) is 177 Å². The van der Waals surface area contributed by atoms with Crippen LogP contribution in [0.25, 0.3) is 0 Å². The minimum atomic E-state index is -4.78. The van der Waals surface area contributed by atoms with Crippen LogP contribution in [0.3, 0.4) is 0 Å². The molecule has 5 amide bonds. The largest absolute Gasteiger partial charge is 0.464 e. The van der Waals surface area contributed by atoms with Gasteiger partial charge in [-0.05, 0) is 67.6 Å². The van der Waals surface area contributed by atoms with Gasteiger partial charge in [0.05, 0.1) is 18.1 Å². The maximum absolute atomic E-state index is 14.2. The summed E-state index contributed by atoms with van der Waals surface area (Å²) in [5.74, 6) is -4.71. The highest BCUT2D eigenvalue weighted by Crippen LogP contribution is 2.60. The number of primary amides is 1. The number of alkyl halides is 3. The Morgan fingerprint density at radius 2 is 1.54 bits per heavy atom. The maximum atomic E-state index is 14.2. The number of esters is 1. The van der Waals surface area contributed by atoms with Crippen LogP contribution in [-0.4, -0.2) is 83.9 Å². The van der Waals surface area contributed by atoms with Crippen LogP contribution >= 0.6 is 0 Å². The minimum absolute atomic E-state index is 0.0301. The van der Waals surface area contributed by atoms with E-state index in [-0.39, 0.29) is 56.1 Å². The third-order valence-corrected chi connectivity index (χ3v) is 10.5. The summed E-state index contributed by atoms with van der Waals surface area (Å²) in [7, 11) is 0. The van der Waals surface area contributed by atoms with E-state index < -0.39 is 76.7 Å². The Balaban J connectivity index is 1.54. The molecule has 3 aliphatic carbocycles. The van der Waals surface area contributed by atoms with Crippen molar-refractivity contribution in [2.24, 2.45) is 40.2 Å². The van der Waals surface area contributed by atoms with E-state index in [0.29, 0.717) is 6.42 Å². The second-order valence-electron chi connectivity index (χ2n) is 15.6. The Kier molecular flexibility index (Phi) is 11.1. The van der Waals surface area contributed by atoms with E-state index >= 15 is 0 Å². The normalized spacial score (nSPS) is 24.1. The van der Waals surface area contributed by atoms with Gasteiger partial charge in [-0.3, -0.25) is 19.2 Å². The number of rotatable bonds is 14. The van der Waals surface area contributed by atoms with Crippen LogP contribution in [-0.2, 0) is 28.7 Å². The first-order valence-electron chi connectivity index (χ1n) is 17.0. The van der Waals surface area contributed by atoms with E-state index in [9.17, 15) is 41.9 Å². The van der Waals surface area contributed by atoms with Crippen LogP contribution < -0.4 is 21.7 Å². The van der Waals surface area contributed by atoms with E-state index in [1.54, 1.807) is 20.8 Å². The van der Waals surface area contributed by atoms with E-state index in [1.807, 2.05) is 13.8 Å². The molecule has 48 heavy (non-hydrogen) atoms. The molecule has 4 rings (SSSR count). The number of hydrogen-bond acceptors (Lipinski definition) is 7. The van der Waals surface area contributed by atoms with Crippen molar-refractivity contribution < 1.29 is 46.7 Å². The molecule has 0 bridgehead atoms. The number of likely N-dealkylation sites (tertiary alicyclic amines) is 1. The molecule has 1 heterocycles. The second kappa shape index (κ2) is 14.2. The SMILES string of the molecule is CC(C)C1CCN(C(=O)[C@@H](NC(=O)N[C@H](C(=O)OCC2CC2)C2(C(F)(F)F)CC2)C(C)(C)C)[C@@H]1C(=O)NC(CC1CCC1)C(=O)C(N)=O. The average Bonchev–Trinajstić information content (AvgIpc) is 3.89. The zero-order chi connectivity index (χ0) is 35.8. The van der Waals surface area contributed by atoms with Crippen LogP contribution in [0.1, 0.15) is 92.4 Å². The molecule has 5 atom stereocenters. The summed E-state index contributed by atoms with van der Waals surface area (Å²) < 4.78 is 47.5. The van der Waals surface area contributed by atoms with E-state index in [0.717, 1.165) is 32.1 Å². The highest BCUT2D eigenvalue weighted by Gasteiger charge is 2.70. The fraction of sp³-hybridized carbons (Fsp3) is 0.818. The summed E-state index contributed by atoms with van der Waals surface area (Å²) in [5.41, 5.74) is 1.84. The standard InChI is InChI=1S/C33H50F3N5O7/c1-17(2)20-11-14-41(22(20)27(44)38-21(23(42)26(37)43)15-18-7-6-8-18)28(45)24(31(3,4)5)39-30(47)40-25(29(46)48-16-19-9-10-19)32(12-13-32)33(34,35)36/h17-22,24-25H,6-16H2,1-5H3,(H2,37,43)(H,38,44)(H2,39,40,47)/t20?,21?,22-,24+,25+/m0/s1. The summed E-state index contributed by atoms with van der Waals surface area (Å²) >= 11 is 0. The van der Waals surface area contributed by atoms with Crippen LogP contribution in [0.15, 0.2) is 0 Å². The zero-order valence-corrected chi connectivity index (χ0v) is 28.4. The van der Waals surface area contributed by atoms with Crippen molar-refractivity contribution in [3.05, 3.63) is 0 Å². The van der Waals surface area contributed by atoms with Crippen molar-refractivity contribution in [3.63, 3.8) is 0 Å². The maximum Gasteiger partial charge on any atom is 0.397 e. The molecule has 0 radical (unpaired) electrons. The predicted molar refractivity (Wildman–Crippen MR) is 167 cm³/mol. The first kappa shape index (κ1) is 37.4. The van der Waals surface area contributed by atoms with Crippen molar-refractivity contribution >= 4 is 35.5 Å². The number of ketones is 1. The van der Waals surface area contributed by atoms with Crippen molar-refractivity contribution in [2.75, 3.05) is 13.2 Å². The van der Waals surface area contributed by atoms with Gasteiger partial charge in [-0.2, -0.15) is 13.2 Å². The quantitative estimate of drug-likeness (QED) is 0.161. The number of nitrogens with two attached hydrogens (primary N) is 1. The fourth-order valence-corrected chi connectivity index (χ4v) is 6.80. The van der Waals surface area contributed by atoms with Gasteiger partial charge in [0.25, 0.3) is 5.91 Å². The summed E-state index contributed by atoms with van der Waals surface area (Å²) in [4.78, 5) is 80.2. The van der Waals surface area contributed by atoms with Gasteiger partial charge in [-0.15, -0.1) is 0 Å². The number of nitrogens with one attached hydrogen (secondary N) is 3. The number of carbonyl (C=O) groups is 6. The lowest BCUT2D eigenvalue weighted by atomic mass is 9.80. The Hall–Kier alpha value is -3.39. The highest BCUT2D eigenvalue weighted by molar-refractivity contribution is 6.37. The van der Waals surface area contributed by atoms with E-state index in [2.05, 4.69) is 16.0 Å².